The summed E-state index contributed by atoms with van der Waals surface area (Å²) in [7, 11) is -0.663. The van der Waals surface area contributed by atoms with Crippen molar-refractivity contribution < 1.29 is 18.3 Å². The van der Waals surface area contributed by atoms with Crippen LogP contribution >= 0.6 is 0 Å². The number of rotatable bonds is 5. The van der Waals surface area contributed by atoms with E-state index in [0.29, 0.717) is 22.4 Å². The number of aliphatic hydroxyl groups excluding tert-OH is 1. The molecule has 0 unspecified atom stereocenters. The number of anilines is 1. The van der Waals surface area contributed by atoms with Gasteiger partial charge in [0.2, 0.25) is 10.0 Å². The van der Waals surface area contributed by atoms with E-state index in [2.05, 4.69) is 5.32 Å². The summed E-state index contributed by atoms with van der Waals surface area (Å²) in [6, 6.07) is 11.3. The second-order valence-corrected chi connectivity index (χ2v) is 7.70. The molecule has 1 amide bonds. The lowest BCUT2D eigenvalue weighted by Gasteiger charge is -2.15. The second kappa shape index (κ2) is 7.12. The van der Waals surface area contributed by atoms with Crippen LogP contribution in [0.5, 0.6) is 0 Å². The first-order valence-electron chi connectivity index (χ1n) is 7.30. The molecular weight excluding hydrogens is 328 g/mol. The Bertz CT molecular complexity index is 843. The summed E-state index contributed by atoms with van der Waals surface area (Å²) >= 11 is 0. The largest absolute Gasteiger partial charge is 0.392 e. The monoisotopic (exact) mass is 348 g/mol. The number of hydrogen-bond acceptors (Lipinski definition) is 4. The van der Waals surface area contributed by atoms with Crippen LogP contribution in [0.15, 0.2) is 47.4 Å². The third kappa shape index (κ3) is 3.81. The van der Waals surface area contributed by atoms with E-state index in [9.17, 15) is 13.2 Å². The Hall–Kier alpha value is -2.22. The first kappa shape index (κ1) is 18.1. The maximum Gasteiger partial charge on any atom is 0.255 e. The van der Waals surface area contributed by atoms with Crippen molar-refractivity contribution >= 4 is 21.6 Å². The van der Waals surface area contributed by atoms with E-state index in [0.717, 1.165) is 4.31 Å². The van der Waals surface area contributed by atoms with Gasteiger partial charge in [0.1, 0.15) is 0 Å². The Balaban J connectivity index is 2.28. The lowest BCUT2D eigenvalue weighted by Crippen LogP contribution is -2.23. The molecule has 0 aromatic heterocycles. The van der Waals surface area contributed by atoms with E-state index in [1.165, 1.54) is 20.2 Å². The van der Waals surface area contributed by atoms with Crippen LogP contribution in [-0.2, 0) is 16.6 Å². The second-order valence-electron chi connectivity index (χ2n) is 5.58. The quantitative estimate of drug-likeness (QED) is 0.865. The normalized spacial score (nSPS) is 11.5. The van der Waals surface area contributed by atoms with Crippen LogP contribution in [-0.4, -0.2) is 37.8 Å². The van der Waals surface area contributed by atoms with E-state index in [4.69, 9.17) is 5.11 Å². The molecule has 0 spiro atoms. The molecule has 0 radical (unpaired) electrons. The highest BCUT2D eigenvalue weighted by molar-refractivity contribution is 7.89. The van der Waals surface area contributed by atoms with E-state index < -0.39 is 10.0 Å². The van der Waals surface area contributed by atoms with Gasteiger partial charge < -0.3 is 10.4 Å². The SMILES string of the molecule is Cc1ccc(NC(=O)c2ccc(CO)cc2)cc1S(=O)(=O)N(C)C. The zero-order valence-corrected chi connectivity index (χ0v) is 14.6. The first-order chi connectivity index (χ1) is 11.3. The standard InChI is InChI=1S/C17H20N2O4S/c1-12-4-9-15(10-16(12)24(22,23)19(2)3)18-17(21)14-7-5-13(11-20)6-8-14/h4-10,20H,11H2,1-3H3,(H,18,21). The van der Waals surface area contributed by atoms with Crippen molar-refractivity contribution in [1.29, 1.82) is 0 Å². The van der Waals surface area contributed by atoms with E-state index >= 15 is 0 Å². The van der Waals surface area contributed by atoms with Crippen LogP contribution in [0.4, 0.5) is 5.69 Å². The van der Waals surface area contributed by atoms with Gasteiger partial charge in [-0.1, -0.05) is 18.2 Å². The highest BCUT2D eigenvalue weighted by atomic mass is 32.2. The summed E-state index contributed by atoms with van der Waals surface area (Å²) in [5, 5.41) is 11.7. The molecule has 0 aliphatic carbocycles. The lowest BCUT2D eigenvalue weighted by atomic mass is 10.1. The van der Waals surface area contributed by atoms with Crippen LogP contribution in [0.3, 0.4) is 0 Å². The van der Waals surface area contributed by atoms with Crippen molar-refractivity contribution in [2.75, 3.05) is 19.4 Å². The Morgan fingerprint density at radius 1 is 1.12 bits per heavy atom. The van der Waals surface area contributed by atoms with Gasteiger partial charge in [-0.3, -0.25) is 4.79 Å². The molecular formula is C17H20N2O4S. The number of carbonyl (C=O) groups excluding carboxylic acids is 1. The van der Waals surface area contributed by atoms with Crippen LogP contribution in [0.25, 0.3) is 0 Å². The summed E-state index contributed by atoms with van der Waals surface area (Å²) < 4.78 is 25.8. The van der Waals surface area contributed by atoms with Crippen LogP contribution in [0, 0.1) is 6.92 Å². The third-order valence-corrected chi connectivity index (χ3v) is 5.56. The molecule has 0 saturated carbocycles. The van der Waals surface area contributed by atoms with Gasteiger partial charge in [0.05, 0.1) is 11.5 Å². The number of aryl methyl sites for hydroxylation is 1. The molecule has 128 valence electrons. The molecule has 6 nitrogen and oxygen atoms in total. The topological polar surface area (TPSA) is 86.7 Å². The summed E-state index contributed by atoms with van der Waals surface area (Å²) in [6.07, 6.45) is 0. The number of aliphatic hydroxyl groups is 1. The highest BCUT2D eigenvalue weighted by Gasteiger charge is 2.20. The number of nitrogens with one attached hydrogen (secondary N) is 1. The maximum atomic E-state index is 12.3. The zero-order chi connectivity index (χ0) is 17.9. The van der Waals surface area contributed by atoms with Crippen molar-refractivity contribution in [3.8, 4) is 0 Å². The highest BCUT2D eigenvalue weighted by Crippen LogP contribution is 2.22. The first-order valence-corrected chi connectivity index (χ1v) is 8.74. The number of carbonyl (C=O) groups is 1. The van der Waals surface area contributed by atoms with Crippen molar-refractivity contribution in [3.63, 3.8) is 0 Å². The fourth-order valence-electron chi connectivity index (χ4n) is 2.12. The molecule has 0 aliphatic rings. The average Bonchev–Trinajstić information content (AvgIpc) is 2.56. The molecule has 0 bridgehead atoms. The fourth-order valence-corrected chi connectivity index (χ4v) is 3.26. The summed E-state index contributed by atoms with van der Waals surface area (Å²) in [4.78, 5) is 12.4. The molecule has 0 fully saturated rings. The molecule has 0 atom stereocenters. The molecule has 2 N–H and O–H groups in total. The van der Waals surface area contributed by atoms with Crippen molar-refractivity contribution in [3.05, 3.63) is 59.2 Å². The molecule has 2 aromatic carbocycles. The molecule has 24 heavy (non-hydrogen) atoms. The Morgan fingerprint density at radius 2 is 1.75 bits per heavy atom. The van der Waals surface area contributed by atoms with Crippen LogP contribution < -0.4 is 5.32 Å². The Labute approximate surface area is 141 Å². The van der Waals surface area contributed by atoms with E-state index in [1.807, 2.05) is 0 Å². The number of nitrogens with zero attached hydrogens (tertiary/aromatic N) is 1. The van der Waals surface area contributed by atoms with Gasteiger partial charge >= 0.3 is 0 Å². The van der Waals surface area contributed by atoms with Gasteiger partial charge in [-0.2, -0.15) is 0 Å². The van der Waals surface area contributed by atoms with Gasteiger partial charge in [-0.05, 0) is 42.3 Å². The van der Waals surface area contributed by atoms with Crippen molar-refractivity contribution in [2.24, 2.45) is 0 Å². The van der Waals surface area contributed by atoms with Gasteiger partial charge in [0, 0.05) is 25.3 Å². The van der Waals surface area contributed by atoms with Gasteiger partial charge in [-0.25, -0.2) is 12.7 Å². The van der Waals surface area contributed by atoms with Crippen LogP contribution in [0.2, 0.25) is 0 Å². The number of hydrogen-bond donors (Lipinski definition) is 2. The Kier molecular flexibility index (Phi) is 5.38. The number of sulfonamides is 1. The van der Waals surface area contributed by atoms with Crippen molar-refractivity contribution in [2.45, 2.75) is 18.4 Å². The molecule has 2 aromatic rings. The number of amides is 1. The predicted molar refractivity (Wildman–Crippen MR) is 92.4 cm³/mol. The van der Waals surface area contributed by atoms with Crippen molar-refractivity contribution in [1.82, 2.24) is 4.31 Å². The van der Waals surface area contributed by atoms with Gasteiger partial charge in [0.15, 0.2) is 0 Å². The van der Waals surface area contributed by atoms with E-state index in [-0.39, 0.29) is 17.4 Å². The predicted octanol–water partition coefficient (Wildman–Crippen LogP) is 1.99. The molecule has 7 heteroatoms. The smallest absolute Gasteiger partial charge is 0.255 e. The lowest BCUT2D eigenvalue weighted by molar-refractivity contribution is 0.102. The summed E-state index contributed by atoms with van der Waals surface area (Å²) in [5.74, 6) is -0.350. The van der Waals surface area contributed by atoms with E-state index in [1.54, 1.807) is 43.3 Å². The minimum atomic E-state index is -3.59. The van der Waals surface area contributed by atoms with Gasteiger partial charge in [0.25, 0.3) is 5.91 Å². The molecule has 0 heterocycles. The minimum Gasteiger partial charge on any atom is -0.392 e. The third-order valence-electron chi connectivity index (χ3n) is 3.60. The summed E-state index contributed by atoms with van der Waals surface area (Å²) in [6.45, 7) is 1.61. The number of benzene rings is 2. The molecule has 2 rings (SSSR count). The van der Waals surface area contributed by atoms with Gasteiger partial charge in [-0.15, -0.1) is 0 Å². The average molecular weight is 348 g/mol. The van der Waals surface area contributed by atoms with Crippen LogP contribution in [0.1, 0.15) is 21.5 Å². The fraction of sp³-hybridized carbons (Fsp3) is 0.235. The summed E-state index contributed by atoms with van der Waals surface area (Å²) in [5.41, 5.74) is 2.14. The zero-order valence-electron chi connectivity index (χ0n) is 13.8. The maximum absolute atomic E-state index is 12.3. The minimum absolute atomic E-state index is 0.0917. The molecule has 0 saturated heterocycles. The molecule has 0 aliphatic heterocycles. The Morgan fingerprint density at radius 3 is 2.29 bits per heavy atom.